The monoisotopic (exact) mass is 867 g/mol. The second-order valence-electron chi connectivity index (χ2n) is 16.4. The number of ether oxygens (including phenoxy) is 2. The van der Waals surface area contributed by atoms with Gasteiger partial charge >= 0.3 is 19.8 Å². The fraction of sp³-hybridized carbons (Fsp3) is 0.708. The summed E-state index contributed by atoms with van der Waals surface area (Å²) in [5.41, 5.74) is 0. The lowest BCUT2D eigenvalue weighted by atomic mass is 10.0. The summed E-state index contributed by atoms with van der Waals surface area (Å²) >= 11 is 0. The van der Waals surface area contributed by atoms with Crippen LogP contribution < -0.4 is 0 Å². The molecule has 12 heteroatoms. The van der Waals surface area contributed by atoms with E-state index in [1.807, 2.05) is 27.2 Å². The number of quaternary nitrogens is 1. The van der Waals surface area contributed by atoms with Crippen LogP contribution in [0.4, 0.5) is 0 Å². The van der Waals surface area contributed by atoms with Gasteiger partial charge in [-0.05, 0) is 83.5 Å². The van der Waals surface area contributed by atoms with Gasteiger partial charge in [0.2, 0.25) is 0 Å². The fourth-order valence-corrected chi connectivity index (χ4v) is 6.45. The molecule has 0 aliphatic heterocycles. The molecule has 346 valence electrons. The molecule has 0 rings (SSSR count). The van der Waals surface area contributed by atoms with Crippen molar-refractivity contribution in [3.05, 3.63) is 72.9 Å². The quantitative estimate of drug-likeness (QED) is 0.0179. The van der Waals surface area contributed by atoms with E-state index in [1.54, 1.807) is 0 Å². The van der Waals surface area contributed by atoms with Crippen molar-refractivity contribution < 1.29 is 52.3 Å². The summed E-state index contributed by atoms with van der Waals surface area (Å²) in [5, 5.41) is 20.5. The Bertz CT molecular complexity index is 1290. The van der Waals surface area contributed by atoms with Crippen molar-refractivity contribution in [3.63, 3.8) is 0 Å². The predicted molar refractivity (Wildman–Crippen MR) is 245 cm³/mol. The largest absolute Gasteiger partial charge is 0.472 e. The molecule has 0 aromatic rings. The lowest BCUT2D eigenvalue weighted by Crippen LogP contribution is -2.37. The molecule has 1 unspecified atom stereocenters. The third-order valence-corrected chi connectivity index (χ3v) is 10.4. The van der Waals surface area contributed by atoms with Crippen molar-refractivity contribution in [1.29, 1.82) is 0 Å². The Morgan fingerprint density at radius 1 is 0.600 bits per heavy atom. The third kappa shape index (κ3) is 40.8. The van der Waals surface area contributed by atoms with Crippen molar-refractivity contribution in [2.24, 2.45) is 0 Å². The molecule has 0 saturated heterocycles. The summed E-state index contributed by atoms with van der Waals surface area (Å²) in [4.78, 5) is 35.4. The summed E-state index contributed by atoms with van der Waals surface area (Å²) in [6.45, 7) is 4.01. The molecule has 0 heterocycles. The Kier molecular flexibility index (Phi) is 37.5. The van der Waals surface area contributed by atoms with Gasteiger partial charge in [-0.1, -0.05) is 132 Å². The number of aliphatic hydroxyl groups is 2. The number of nitrogens with zero attached hydrogens (tertiary/aromatic N) is 1. The average molecular weight is 867 g/mol. The number of carbonyl (C=O) groups is 2. The van der Waals surface area contributed by atoms with Crippen LogP contribution in [-0.2, 0) is 32.7 Å². The van der Waals surface area contributed by atoms with Crippen LogP contribution in [0.25, 0.3) is 0 Å². The van der Waals surface area contributed by atoms with E-state index in [9.17, 15) is 29.3 Å². The van der Waals surface area contributed by atoms with Crippen LogP contribution >= 0.6 is 7.82 Å². The van der Waals surface area contributed by atoms with Crippen LogP contribution in [0.2, 0.25) is 0 Å². The fourth-order valence-electron chi connectivity index (χ4n) is 5.71. The lowest BCUT2D eigenvalue weighted by molar-refractivity contribution is -0.870. The van der Waals surface area contributed by atoms with Gasteiger partial charge in [0.15, 0.2) is 6.10 Å². The highest BCUT2D eigenvalue weighted by atomic mass is 31.2. The molecule has 0 fully saturated rings. The average Bonchev–Trinajstić information content (AvgIpc) is 3.19. The molecule has 0 aromatic carbocycles. The summed E-state index contributed by atoms with van der Waals surface area (Å²) in [6, 6.07) is 0. The van der Waals surface area contributed by atoms with Crippen LogP contribution in [0.5, 0.6) is 0 Å². The third-order valence-electron chi connectivity index (χ3n) is 9.42. The Morgan fingerprint density at radius 2 is 1.12 bits per heavy atom. The molecule has 0 aliphatic rings. The zero-order chi connectivity index (χ0) is 44.6. The van der Waals surface area contributed by atoms with Crippen LogP contribution in [0.1, 0.15) is 155 Å². The van der Waals surface area contributed by atoms with E-state index in [0.29, 0.717) is 36.7 Å². The molecule has 0 spiro atoms. The summed E-state index contributed by atoms with van der Waals surface area (Å²) < 4.78 is 34.2. The van der Waals surface area contributed by atoms with Gasteiger partial charge in [-0.25, -0.2) is 4.57 Å². The number of phosphoric ester groups is 1. The predicted octanol–water partition coefficient (Wildman–Crippen LogP) is 11.0. The first-order valence-electron chi connectivity index (χ1n) is 22.8. The van der Waals surface area contributed by atoms with Gasteiger partial charge in [0.25, 0.3) is 0 Å². The summed E-state index contributed by atoms with van der Waals surface area (Å²) in [7, 11) is 1.35. The molecule has 3 N–H and O–H groups in total. The van der Waals surface area contributed by atoms with Crippen LogP contribution in [0, 0.1) is 0 Å². The zero-order valence-electron chi connectivity index (χ0n) is 38.1. The standard InChI is InChI=1S/C48H84NO10P/c1-6-8-10-12-14-15-16-17-18-19-20-21-22-23-24-25-26-30-34-38-47(52)56-42-44(43-58-60(54,55)57-41-40-49(3,4)5)59-48(53)39-35-31-27-29-33-37-46(51)45(50)36-32-28-13-11-9-7-2/h8,10,14-15,17-18,20-21,23-24,28,32,44-46,50-51H,6-7,9,11-13,16,19,22,25-27,29-31,33-43H2,1-5H3/p+1/b10-8-,15-14-,18-17-,21-20-,24-23-,32-28-/t44-,45+,46+/m1/s1. The van der Waals surface area contributed by atoms with E-state index in [4.69, 9.17) is 18.5 Å². The molecule has 0 saturated carbocycles. The van der Waals surface area contributed by atoms with E-state index in [-0.39, 0.29) is 26.1 Å². The number of hydrogen-bond donors (Lipinski definition) is 3. The number of carbonyl (C=O) groups excluding carboxylic acids is 2. The molecule has 4 atom stereocenters. The number of allylic oxidation sites excluding steroid dienone is 11. The molecular weight excluding hydrogens is 781 g/mol. The number of phosphoric acid groups is 1. The Hall–Kier alpha value is -2.63. The molecular formula is C48H85NO10P+. The normalized spacial score (nSPS) is 15.3. The highest BCUT2D eigenvalue weighted by Crippen LogP contribution is 2.43. The Labute approximate surface area is 364 Å². The zero-order valence-corrected chi connectivity index (χ0v) is 39.0. The first-order valence-corrected chi connectivity index (χ1v) is 24.3. The molecule has 0 amide bonds. The second-order valence-corrected chi connectivity index (χ2v) is 17.8. The first-order chi connectivity index (χ1) is 28.8. The molecule has 60 heavy (non-hydrogen) atoms. The molecule has 0 aliphatic carbocycles. The maximum Gasteiger partial charge on any atom is 0.472 e. The van der Waals surface area contributed by atoms with Crippen molar-refractivity contribution in [2.75, 3.05) is 47.5 Å². The van der Waals surface area contributed by atoms with E-state index >= 15 is 0 Å². The minimum Gasteiger partial charge on any atom is -0.462 e. The van der Waals surface area contributed by atoms with Crippen LogP contribution in [-0.4, -0.2) is 97.3 Å². The number of aliphatic hydroxyl groups excluding tert-OH is 2. The van der Waals surface area contributed by atoms with E-state index < -0.39 is 44.7 Å². The Morgan fingerprint density at radius 3 is 1.72 bits per heavy atom. The molecule has 11 nitrogen and oxygen atoms in total. The molecule has 0 aromatic heterocycles. The second kappa shape index (κ2) is 39.2. The SMILES string of the molecule is CC/C=C\C/C=C\C/C=C\C/C=C\C/C=C\CCCCCC(=O)OC[C@H](COP(=O)(O)OCC[N+](C)(C)C)OC(=O)CCCCCCC[C@H](O)[C@@H](O)C/C=C\CCCCC. The van der Waals surface area contributed by atoms with E-state index in [0.717, 1.165) is 89.9 Å². The maximum absolute atomic E-state index is 12.7. The van der Waals surface area contributed by atoms with Gasteiger partial charge in [-0.2, -0.15) is 0 Å². The summed E-state index contributed by atoms with van der Waals surface area (Å²) in [6.07, 6.45) is 41.1. The maximum atomic E-state index is 12.7. The summed E-state index contributed by atoms with van der Waals surface area (Å²) in [5.74, 6) is -0.955. The van der Waals surface area contributed by atoms with E-state index in [1.165, 1.54) is 12.8 Å². The first kappa shape index (κ1) is 57.4. The van der Waals surface area contributed by atoms with Gasteiger partial charge in [-0.15, -0.1) is 0 Å². The minimum atomic E-state index is -4.43. The lowest BCUT2D eigenvalue weighted by Gasteiger charge is -2.24. The number of unbranched alkanes of at least 4 members (excludes halogenated alkanes) is 10. The minimum absolute atomic E-state index is 0.00607. The number of hydrogen-bond acceptors (Lipinski definition) is 9. The van der Waals surface area contributed by atoms with E-state index in [2.05, 4.69) is 80.7 Å². The van der Waals surface area contributed by atoms with Gasteiger partial charge < -0.3 is 29.1 Å². The highest BCUT2D eigenvalue weighted by molar-refractivity contribution is 7.47. The van der Waals surface area contributed by atoms with Crippen molar-refractivity contribution in [2.45, 2.75) is 173 Å². The smallest absolute Gasteiger partial charge is 0.462 e. The number of likely N-dealkylation sites (N-methyl/N-ethyl adjacent to an activating group) is 1. The molecule has 0 radical (unpaired) electrons. The molecule has 0 bridgehead atoms. The highest BCUT2D eigenvalue weighted by Gasteiger charge is 2.27. The van der Waals surface area contributed by atoms with Crippen LogP contribution in [0.3, 0.4) is 0 Å². The van der Waals surface area contributed by atoms with Crippen LogP contribution in [0.15, 0.2) is 72.9 Å². The van der Waals surface area contributed by atoms with Gasteiger partial charge in [-0.3, -0.25) is 18.6 Å². The van der Waals surface area contributed by atoms with Crippen molar-refractivity contribution in [3.8, 4) is 0 Å². The Balaban J connectivity index is 4.53. The number of rotatable bonds is 40. The van der Waals surface area contributed by atoms with Gasteiger partial charge in [0.1, 0.15) is 19.8 Å². The topological polar surface area (TPSA) is 149 Å². The van der Waals surface area contributed by atoms with Gasteiger partial charge in [0.05, 0.1) is 40.0 Å². The van der Waals surface area contributed by atoms with Crippen molar-refractivity contribution >= 4 is 19.8 Å². The van der Waals surface area contributed by atoms with Crippen molar-refractivity contribution in [1.82, 2.24) is 0 Å². The van der Waals surface area contributed by atoms with Gasteiger partial charge in [0, 0.05) is 12.8 Å². The number of esters is 2.